The number of hydrogen-bond acceptors (Lipinski definition) is 3. The molecule has 0 radical (unpaired) electrons. The van der Waals surface area contributed by atoms with E-state index in [-0.39, 0.29) is 6.10 Å². The molecule has 1 aliphatic heterocycles. The molecule has 1 aliphatic rings. The summed E-state index contributed by atoms with van der Waals surface area (Å²) in [6.07, 6.45) is 1.34. The van der Waals surface area contributed by atoms with Crippen LogP contribution in [0.25, 0.3) is 0 Å². The lowest BCUT2D eigenvalue weighted by Gasteiger charge is -2.38. The molecule has 0 amide bonds. The van der Waals surface area contributed by atoms with Gasteiger partial charge in [-0.05, 0) is 19.4 Å². The third-order valence-corrected chi connectivity index (χ3v) is 3.86. The Hall–Kier alpha value is -0.350. The molecule has 18 heavy (non-hydrogen) atoms. The van der Waals surface area contributed by atoms with Crippen LogP contribution < -0.4 is 0 Å². The van der Waals surface area contributed by atoms with E-state index in [1.54, 1.807) is 6.07 Å². The molecule has 100 valence electrons. The zero-order valence-electron chi connectivity index (χ0n) is 10.7. The summed E-state index contributed by atoms with van der Waals surface area (Å²) >= 11 is 11.9. The molecule has 3 nitrogen and oxygen atoms in total. The quantitative estimate of drug-likeness (QED) is 0.798. The summed E-state index contributed by atoms with van der Waals surface area (Å²) in [7, 11) is 0. The number of morpholine rings is 1. The van der Waals surface area contributed by atoms with Crippen LogP contribution in [0.3, 0.4) is 0 Å². The first-order valence-corrected chi connectivity index (χ1v) is 7.02. The van der Waals surface area contributed by atoms with Crippen molar-refractivity contribution in [2.75, 3.05) is 13.2 Å². The van der Waals surface area contributed by atoms with Gasteiger partial charge in [-0.15, -0.1) is 0 Å². The molecule has 1 saturated heterocycles. The summed E-state index contributed by atoms with van der Waals surface area (Å²) < 4.78 is 5.69. The standard InChI is InChI=1S/C13H18Cl2N2O/c1-3-11-8-18-9(2)6-17(11)7-10-4-5-12(14)16-13(10)15/h4-5,9,11H,3,6-8H2,1-2H3. The van der Waals surface area contributed by atoms with Crippen LogP contribution in [0.1, 0.15) is 25.8 Å². The molecular formula is C13H18Cl2N2O. The molecule has 0 bridgehead atoms. The molecule has 2 heterocycles. The number of nitrogens with zero attached hydrogens (tertiary/aromatic N) is 2. The van der Waals surface area contributed by atoms with Gasteiger partial charge in [0.05, 0.1) is 12.7 Å². The molecule has 2 unspecified atom stereocenters. The number of rotatable bonds is 3. The Morgan fingerprint density at radius 3 is 2.89 bits per heavy atom. The fourth-order valence-corrected chi connectivity index (χ4v) is 2.66. The predicted molar refractivity (Wildman–Crippen MR) is 74.2 cm³/mol. The molecule has 2 rings (SSSR count). The van der Waals surface area contributed by atoms with Crippen LogP contribution in [-0.2, 0) is 11.3 Å². The van der Waals surface area contributed by atoms with Gasteiger partial charge in [0, 0.05) is 24.7 Å². The number of pyridine rings is 1. The van der Waals surface area contributed by atoms with Gasteiger partial charge >= 0.3 is 0 Å². The molecule has 0 aromatic carbocycles. The van der Waals surface area contributed by atoms with Gasteiger partial charge in [0.15, 0.2) is 0 Å². The zero-order chi connectivity index (χ0) is 13.1. The molecule has 1 fully saturated rings. The maximum absolute atomic E-state index is 6.12. The van der Waals surface area contributed by atoms with Crippen molar-refractivity contribution < 1.29 is 4.74 Å². The lowest BCUT2D eigenvalue weighted by atomic mass is 10.1. The highest BCUT2D eigenvalue weighted by atomic mass is 35.5. The van der Waals surface area contributed by atoms with Crippen molar-refractivity contribution in [3.63, 3.8) is 0 Å². The van der Waals surface area contributed by atoms with Crippen LogP contribution in [-0.4, -0.2) is 35.2 Å². The van der Waals surface area contributed by atoms with Crippen LogP contribution in [0.5, 0.6) is 0 Å². The first-order valence-electron chi connectivity index (χ1n) is 6.26. The minimum absolute atomic E-state index is 0.270. The predicted octanol–water partition coefficient (Wildman–Crippen LogP) is 3.39. The van der Waals surface area contributed by atoms with Crippen LogP contribution in [0.15, 0.2) is 12.1 Å². The lowest BCUT2D eigenvalue weighted by molar-refractivity contribution is -0.0592. The molecule has 0 aliphatic carbocycles. The SMILES string of the molecule is CCC1COC(C)CN1Cc1ccc(Cl)nc1Cl. The van der Waals surface area contributed by atoms with Gasteiger partial charge in [0.1, 0.15) is 10.3 Å². The summed E-state index contributed by atoms with van der Waals surface area (Å²) in [5, 5.41) is 0.933. The maximum Gasteiger partial charge on any atom is 0.135 e. The Bertz CT molecular complexity index is 414. The maximum atomic E-state index is 6.12. The van der Waals surface area contributed by atoms with Crippen LogP contribution >= 0.6 is 23.2 Å². The Morgan fingerprint density at radius 2 is 2.22 bits per heavy atom. The zero-order valence-corrected chi connectivity index (χ0v) is 12.2. The second-order valence-electron chi connectivity index (χ2n) is 4.72. The van der Waals surface area contributed by atoms with E-state index in [0.29, 0.717) is 16.3 Å². The van der Waals surface area contributed by atoms with Gasteiger partial charge < -0.3 is 4.74 Å². The van der Waals surface area contributed by atoms with E-state index in [9.17, 15) is 0 Å². The number of ether oxygens (including phenoxy) is 1. The molecule has 5 heteroatoms. The highest BCUT2D eigenvalue weighted by Crippen LogP contribution is 2.22. The summed E-state index contributed by atoms with van der Waals surface area (Å²) in [4.78, 5) is 6.49. The molecule has 1 aromatic heterocycles. The smallest absolute Gasteiger partial charge is 0.135 e. The molecular weight excluding hydrogens is 271 g/mol. The monoisotopic (exact) mass is 288 g/mol. The normalized spacial score (nSPS) is 25.3. The van der Waals surface area contributed by atoms with Gasteiger partial charge in [-0.3, -0.25) is 4.90 Å². The van der Waals surface area contributed by atoms with Gasteiger partial charge in [0.25, 0.3) is 0 Å². The van der Waals surface area contributed by atoms with Crippen molar-refractivity contribution in [3.05, 3.63) is 28.0 Å². The summed E-state index contributed by atoms with van der Waals surface area (Å²) in [5.74, 6) is 0. The van der Waals surface area contributed by atoms with Gasteiger partial charge in [0.2, 0.25) is 0 Å². The van der Waals surface area contributed by atoms with E-state index in [0.717, 1.165) is 31.7 Å². The van der Waals surface area contributed by atoms with Crippen LogP contribution in [0.2, 0.25) is 10.3 Å². The van der Waals surface area contributed by atoms with Crippen LogP contribution in [0.4, 0.5) is 0 Å². The van der Waals surface area contributed by atoms with Crippen molar-refractivity contribution in [2.24, 2.45) is 0 Å². The minimum atomic E-state index is 0.270. The lowest BCUT2D eigenvalue weighted by Crippen LogP contribution is -2.47. The van der Waals surface area contributed by atoms with Crippen molar-refractivity contribution in [2.45, 2.75) is 39.0 Å². The fourth-order valence-electron chi connectivity index (χ4n) is 2.26. The van der Waals surface area contributed by atoms with Crippen molar-refractivity contribution in [1.82, 2.24) is 9.88 Å². The topological polar surface area (TPSA) is 25.4 Å². The van der Waals surface area contributed by atoms with E-state index < -0.39 is 0 Å². The average molecular weight is 289 g/mol. The van der Waals surface area contributed by atoms with Crippen molar-refractivity contribution in [1.29, 1.82) is 0 Å². The fraction of sp³-hybridized carbons (Fsp3) is 0.615. The van der Waals surface area contributed by atoms with E-state index in [2.05, 4.69) is 23.7 Å². The second kappa shape index (κ2) is 6.20. The van der Waals surface area contributed by atoms with Crippen molar-refractivity contribution >= 4 is 23.2 Å². The first kappa shape index (κ1) is 14.1. The molecule has 0 saturated carbocycles. The third kappa shape index (κ3) is 3.35. The largest absolute Gasteiger partial charge is 0.376 e. The van der Waals surface area contributed by atoms with Crippen LogP contribution in [0, 0.1) is 0 Å². The average Bonchev–Trinajstić information content (AvgIpc) is 2.33. The highest BCUT2D eigenvalue weighted by molar-refractivity contribution is 6.32. The third-order valence-electron chi connectivity index (χ3n) is 3.32. The number of hydrogen-bond donors (Lipinski definition) is 0. The highest BCUT2D eigenvalue weighted by Gasteiger charge is 2.26. The van der Waals surface area contributed by atoms with Crippen molar-refractivity contribution in [3.8, 4) is 0 Å². The van der Waals surface area contributed by atoms with E-state index >= 15 is 0 Å². The molecule has 0 N–H and O–H groups in total. The van der Waals surface area contributed by atoms with E-state index in [4.69, 9.17) is 27.9 Å². The Labute approximate surface area is 118 Å². The Balaban J connectivity index is 2.10. The summed E-state index contributed by atoms with van der Waals surface area (Å²) in [6, 6.07) is 4.19. The first-order chi connectivity index (χ1) is 8.60. The molecule has 0 spiro atoms. The Kier molecular flexibility index (Phi) is 4.84. The number of halogens is 2. The van der Waals surface area contributed by atoms with Gasteiger partial charge in [-0.1, -0.05) is 36.2 Å². The Morgan fingerprint density at radius 1 is 1.44 bits per heavy atom. The summed E-state index contributed by atoms with van der Waals surface area (Å²) in [6.45, 7) is 6.79. The molecule has 2 atom stereocenters. The van der Waals surface area contributed by atoms with E-state index in [1.807, 2.05) is 6.07 Å². The number of aromatic nitrogens is 1. The molecule has 1 aromatic rings. The minimum Gasteiger partial charge on any atom is -0.376 e. The van der Waals surface area contributed by atoms with Gasteiger partial charge in [-0.2, -0.15) is 0 Å². The second-order valence-corrected chi connectivity index (χ2v) is 5.46. The summed E-state index contributed by atoms with van der Waals surface area (Å²) in [5.41, 5.74) is 1.02. The van der Waals surface area contributed by atoms with Gasteiger partial charge in [-0.25, -0.2) is 4.98 Å². The van der Waals surface area contributed by atoms with E-state index in [1.165, 1.54) is 0 Å².